The van der Waals surface area contributed by atoms with E-state index in [-0.39, 0.29) is 12.5 Å². The molecule has 3 aromatic carbocycles. The maximum Gasteiger partial charge on any atom is 0.243 e. The molecule has 3 aromatic rings. The van der Waals surface area contributed by atoms with Crippen LogP contribution >= 0.6 is 0 Å². The highest BCUT2D eigenvalue weighted by atomic mass is 16.5. The summed E-state index contributed by atoms with van der Waals surface area (Å²) in [6.45, 7) is 2.60. The number of aryl methyl sites for hydroxylation is 1. The summed E-state index contributed by atoms with van der Waals surface area (Å²) in [7, 11) is 0. The Hall–Kier alpha value is -3.15. The molecule has 3 N–H and O–H groups in total. The van der Waals surface area contributed by atoms with Gasteiger partial charge in [-0.05, 0) is 48.9 Å². The van der Waals surface area contributed by atoms with E-state index in [1.54, 1.807) is 24.3 Å². The molecule has 0 bridgehead atoms. The molecule has 1 unspecified atom stereocenters. The molecule has 5 heteroatoms. The van der Waals surface area contributed by atoms with E-state index in [1.165, 1.54) is 5.56 Å². The molecule has 0 aromatic heterocycles. The number of anilines is 1. The number of nitrogens with one attached hydrogen (secondary N) is 1. The van der Waals surface area contributed by atoms with E-state index < -0.39 is 6.04 Å². The van der Waals surface area contributed by atoms with Gasteiger partial charge in [0.05, 0.1) is 13.2 Å². The Kier molecular flexibility index (Phi) is 6.78. The Bertz CT molecular complexity index is 878. The maximum absolute atomic E-state index is 12.2. The Balaban J connectivity index is 1.46. The molecule has 0 fully saturated rings. The Labute approximate surface area is 165 Å². The van der Waals surface area contributed by atoms with Gasteiger partial charge in [0.15, 0.2) is 0 Å². The van der Waals surface area contributed by atoms with Crippen LogP contribution in [0.15, 0.2) is 78.9 Å². The van der Waals surface area contributed by atoms with Crippen LogP contribution in [0.2, 0.25) is 0 Å². The number of benzene rings is 3. The smallest absolute Gasteiger partial charge is 0.243 e. The molecular weight excluding hydrogens is 352 g/mol. The largest absolute Gasteiger partial charge is 0.457 e. The Morgan fingerprint density at radius 2 is 1.54 bits per heavy atom. The minimum absolute atomic E-state index is 0.148. The summed E-state index contributed by atoms with van der Waals surface area (Å²) in [5.74, 6) is 1.16. The lowest BCUT2D eigenvalue weighted by molar-refractivity contribution is -0.118. The fourth-order valence-electron chi connectivity index (χ4n) is 2.54. The van der Waals surface area contributed by atoms with Gasteiger partial charge in [0.25, 0.3) is 0 Å². The number of carbonyl (C=O) groups is 1. The Morgan fingerprint density at radius 3 is 2.18 bits per heavy atom. The van der Waals surface area contributed by atoms with Crippen LogP contribution in [-0.2, 0) is 16.1 Å². The van der Waals surface area contributed by atoms with E-state index in [2.05, 4.69) is 5.32 Å². The molecule has 0 aliphatic carbocycles. The van der Waals surface area contributed by atoms with Gasteiger partial charge in [0.1, 0.15) is 17.5 Å². The molecule has 1 atom stereocenters. The monoisotopic (exact) mass is 376 g/mol. The molecule has 3 rings (SSSR count). The predicted octanol–water partition coefficient (Wildman–Crippen LogP) is 4.27. The molecule has 0 aliphatic heterocycles. The van der Waals surface area contributed by atoms with E-state index in [0.29, 0.717) is 18.0 Å². The van der Waals surface area contributed by atoms with E-state index in [0.717, 1.165) is 11.3 Å². The second-order valence-corrected chi connectivity index (χ2v) is 6.54. The first-order valence-corrected chi connectivity index (χ1v) is 9.13. The van der Waals surface area contributed by atoms with Crippen molar-refractivity contribution in [2.45, 2.75) is 19.6 Å². The molecule has 5 nitrogen and oxygen atoms in total. The minimum Gasteiger partial charge on any atom is -0.457 e. The molecule has 144 valence electrons. The number of hydrogen-bond donors (Lipinski definition) is 2. The van der Waals surface area contributed by atoms with E-state index in [1.807, 2.05) is 61.5 Å². The first-order chi connectivity index (χ1) is 13.6. The summed E-state index contributed by atoms with van der Waals surface area (Å²) in [4.78, 5) is 12.2. The Morgan fingerprint density at radius 1 is 0.929 bits per heavy atom. The quantitative estimate of drug-likeness (QED) is 0.616. The second-order valence-electron chi connectivity index (χ2n) is 6.54. The van der Waals surface area contributed by atoms with Crippen molar-refractivity contribution in [3.8, 4) is 11.5 Å². The van der Waals surface area contributed by atoms with Crippen molar-refractivity contribution in [2.75, 3.05) is 11.9 Å². The van der Waals surface area contributed by atoms with Crippen molar-refractivity contribution in [3.63, 3.8) is 0 Å². The van der Waals surface area contributed by atoms with Crippen LogP contribution in [0.1, 0.15) is 11.1 Å². The van der Waals surface area contributed by atoms with Gasteiger partial charge in [0.2, 0.25) is 5.91 Å². The molecule has 0 saturated heterocycles. The maximum atomic E-state index is 12.2. The standard InChI is InChI=1S/C23H24N2O3/c1-17-7-11-20(12-8-17)28-21-13-9-19(10-14-21)25-23(26)22(24)16-27-15-18-5-3-2-4-6-18/h2-14,22H,15-16,24H2,1H3,(H,25,26). The molecule has 1 amide bonds. The van der Waals surface area contributed by atoms with Gasteiger partial charge in [-0.15, -0.1) is 0 Å². The van der Waals surface area contributed by atoms with Gasteiger partial charge in [-0.25, -0.2) is 0 Å². The summed E-state index contributed by atoms with van der Waals surface area (Å²) < 4.78 is 11.3. The highest BCUT2D eigenvalue weighted by Crippen LogP contribution is 2.23. The van der Waals surface area contributed by atoms with E-state index in [4.69, 9.17) is 15.2 Å². The van der Waals surface area contributed by atoms with Crippen molar-refractivity contribution in [1.29, 1.82) is 0 Å². The highest BCUT2D eigenvalue weighted by molar-refractivity contribution is 5.94. The normalized spacial score (nSPS) is 11.6. The van der Waals surface area contributed by atoms with Gasteiger partial charge in [-0.3, -0.25) is 4.79 Å². The van der Waals surface area contributed by atoms with Crippen LogP contribution in [0, 0.1) is 6.92 Å². The number of amides is 1. The van der Waals surface area contributed by atoms with Crippen LogP contribution in [0.3, 0.4) is 0 Å². The number of carbonyl (C=O) groups excluding carboxylic acids is 1. The summed E-state index contributed by atoms with van der Waals surface area (Å²) >= 11 is 0. The molecule has 0 spiro atoms. The lowest BCUT2D eigenvalue weighted by atomic mass is 10.2. The number of nitrogens with two attached hydrogens (primary N) is 1. The fraction of sp³-hybridized carbons (Fsp3) is 0.174. The van der Waals surface area contributed by atoms with E-state index >= 15 is 0 Å². The van der Waals surface area contributed by atoms with Crippen LogP contribution in [-0.4, -0.2) is 18.6 Å². The number of rotatable bonds is 8. The van der Waals surface area contributed by atoms with Gasteiger partial charge >= 0.3 is 0 Å². The first-order valence-electron chi connectivity index (χ1n) is 9.13. The van der Waals surface area contributed by atoms with Crippen LogP contribution < -0.4 is 15.8 Å². The van der Waals surface area contributed by atoms with Crippen molar-refractivity contribution in [2.24, 2.45) is 5.73 Å². The average molecular weight is 376 g/mol. The number of ether oxygens (including phenoxy) is 2. The van der Waals surface area contributed by atoms with Crippen molar-refractivity contribution < 1.29 is 14.3 Å². The number of hydrogen-bond acceptors (Lipinski definition) is 4. The lowest BCUT2D eigenvalue weighted by Gasteiger charge is -2.13. The van der Waals surface area contributed by atoms with E-state index in [9.17, 15) is 4.79 Å². The SMILES string of the molecule is Cc1ccc(Oc2ccc(NC(=O)C(N)COCc3ccccc3)cc2)cc1. The second kappa shape index (κ2) is 9.69. The summed E-state index contributed by atoms with van der Waals surface area (Å²) in [6.07, 6.45) is 0. The van der Waals surface area contributed by atoms with Gasteiger partial charge < -0.3 is 20.5 Å². The van der Waals surface area contributed by atoms with Crippen molar-refractivity contribution in [3.05, 3.63) is 90.0 Å². The highest BCUT2D eigenvalue weighted by Gasteiger charge is 2.14. The van der Waals surface area contributed by atoms with Crippen LogP contribution in [0.25, 0.3) is 0 Å². The van der Waals surface area contributed by atoms with Gasteiger partial charge in [-0.2, -0.15) is 0 Å². The van der Waals surface area contributed by atoms with Crippen LogP contribution in [0.5, 0.6) is 11.5 Å². The summed E-state index contributed by atoms with van der Waals surface area (Å²) in [6, 6.07) is 24.0. The fourth-order valence-corrected chi connectivity index (χ4v) is 2.54. The predicted molar refractivity (Wildman–Crippen MR) is 110 cm³/mol. The zero-order chi connectivity index (χ0) is 19.8. The van der Waals surface area contributed by atoms with Crippen molar-refractivity contribution >= 4 is 11.6 Å². The first kappa shape index (κ1) is 19.6. The summed E-state index contributed by atoms with van der Waals surface area (Å²) in [5, 5.41) is 2.79. The molecule has 28 heavy (non-hydrogen) atoms. The molecule has 0 saturated carbocycles. The van der Waals surface area contributed by atoms with Gasteiger partial charge in [-0.1, -0.05) is 48.0 Å². The van der Waals surface area contributed by atoms with Crippen LogP contribution in [0.4, 0.5) is 5.69 Å². The average Bonchev–Trinajstić information content (AvgIpc) is 2.72. The molecule has 0 heterocycles. The molecular formula is C23H24N2O3. The third-order valence-corrected chi connectivity index (χ3v) is 4.12. The molecule has 0 aliphatic rings. The topological polar surface area (TPSA) is 73.6 Å². The zero-order valence-electron chi connectivity index (χ0n) is 15.8. The van der Waals surface area contributed by atoms with Crippen molar-refractivity contribution in [1.82, 2.24) is 0 Å². The third-order valence-electron chi connectivity index (χ3n) is 4.12. The third kappa shape index (κ3) is 5.94. The zero-order valence-corrected chi connectivity index (χ0v) is 15.8. The summed E-state index contributed by atoms with van der Waals surface area (Å²) in [5.41, 5.74) is 8.78. The minimum atomic E-state index is -0.743. The lowest BCUT2D eigenvalue weighted by Crippen LogP contribution is -2.39. The molecule has 0 radical (unpaired) electrons. The van der Waals surface area contributed by atoms with Gasteiger partial charge in [0, 0.05) is 5.69 Å².